The van der Waals surface area contributed by atoms with Gasteiger partial charge in [0, 0.05) is 13.1 Å². The number of carbonyl (C=O) groups excluding carboxylic acids is 1. The molecule has 0 aliphatic carbocycles. The third-order valence-corrected chi connectivity index (χ3v) is 3.51. The fraction of sp³-hybridized carbons (Fsp3) is 0.562. The van der Waals surface area contributed by atoms with E-state index in [0.29, 0.717) is 32.7 Å². The molecule has 1 aromatic rings. The number of benzene rings is 1. The number of carbonyl (C=O) groups is 1. The van der Waals surface area contributed by atoms with Crippen LogP contribution < -0.4 is 4.74 Å². The van der Waals surface area contributed by atoms with Crippen molar-refractivity contribution < 1.29 is 14.3 Å². The largest absolute Gasteiger partial charge is 0.493 e. The zero-order valence-corrected chi connectivity index (χ0v) is 12.5. The predicted octanol–water partition coefficient (Wildman–Crippen LogP) is 2.32. The van der Waals surface area contributed by atoms with Gasteiger partial charge in [-0.1, -0.05) is 12.1 Å². The Labute approximate surface area is 120 Å². The molecule has 1 aliphatic heterocycles. The maximum atomic E-state index is 12.1. The molecule has 2 rings (SSSR count). The molecular weight excluding hydrogens is 254 g/mol. The highest BCUT2D eigenvalue weighted by atomic mass is 16.5. The van der Waals surface area contributed by atoms with Gasteiger partial charge < -0.3 is 14.4 Å². The SMILES string of the molecule is Cc1ccc(C)c(OCCC(=O)N2CCOC(C)C2)c1. The minimum Gasteiger partial charge on any atom is -0.493 e. The number of rotatable bonds is 4. The lowest BCUT2D eigenvalue weighted by Crippen LogP contribution is -2.44. The van der Waals surface area contributed by atoms with Crippen LogP contribution in [-0.4, -0.2) is 43.2 Å². The van der Waals surface area contributed by atoms with Gasteiger partial charge in [-0.2, -0.15) is 0 Å². The molecule has 1 fully saturated rings. The summed E-state index contributed by atoms with van der Waals surface area (Å²) in [5.41, 5.74) is 2.27. The van der Waals surface area contributed by atoms with Gasteiger partial charge in [0.25, 0.3) is 0 Å². The van der Waals surface area contributed by atoms with Crippen molar-refractivity contribution in [2.75, 3.05) is 26.3 Å². The molecule has 1 unspecified atom stereocenters. The minimum atomic E-state index is 0.132. The molecule has 1 heterocycles. The molecule has 4 nitrogen and oxygen atoms in total. The summed E-state index contributed by atoms with van der Waals surface area (Å²) in [7, 11) is 0. The lowest BCUT2D eigenvalue weighted by Gasteiger charge is -2.31. The summed E-state index contributed by atoms with van der Waals surface area (Å²) in [4.78, 5) is 13.9. The second kappa shape index (κ2) is 6.75. The van der Waals surface area contributed by atoms with Gasteiger partial charge in [-0.25, -0.2) is 0 Å². The summed E-state index contributed by atoms with van der Waals surface area (Å²) in [5, 5.41) is 0. The van der Waals surface area contributed by atoms with E-state index >= 15 is 0 Å². The Kier molecular flexibility index (Phi) is 5.01. The van der Waals surface area contributed by atoms with Crippen LogP contribution in [0.5, 0.6) is 5.75 Å². The van der Waals surface area contributed by atoms with E-state index < -0.39 is 0 Å². The van der Waals surface area contributed by atoms with Crippen molar-refractivity contribution in [3.63, 3.8) is 0 Å². The van der Waals surface area contributed by atoms with Gasteiger partial charge in [0.1, 0.15) is 5.75 Å². The average molecular weight is 277 g/mol. The third kappa shape index (κ3) is 3.97. The molecular formula is C16H23NO3. The van der Waals surface area contributed by atoms with Crippen LogP contribution in [-0.2, 0) is 9.53 Å². The number of aryl methyl sites for hydroxylation is 2. The average Bonchev–Trinajstić information content (AvgIpc) is 2.42. The lowest BCUT2D eigenvalue weighted by molar-refractivity contribution is -0.138. The molecule has 110 valence electrons. The molecule has 4 heteroatoms. The van der Waals surface area contributed by atoms with Crippen LogP contribution >= 0.6 is 0 Å². The Morgan fingerprint density at radius 2 is 2.25 bits per heavy atom. The molecule has 1 amide bonds. The standard InChI is InChI=1S/C16H23NO3/c1-12-4-5-13(2)15(10-12)20-8-6-16(18)17-7-9-19-14(3)11-17/h4-5,10,14H,6-9,11H2,1-3H3. The van der Waals surface area contributed by atoms with Gasteiger partial charge in [-0.15, -0.1) is 0 Å². The smallest absolute Gasteiger partial charge is 0.226 e. The summed E-state index contributed by atoms with van der Waals surface area (Å²) in [5.74, 6) is 1.01. The fourth-order valence-electron chi connectivity index (χ4n) is 2.31. The first-order valence-electron chi connectivity index (χ1n) is 7.15. The molecule has 1 saturated heterocycles. The summed E-state index contributed by atoms with van der Waals surface area (Å²) in [6.07, 6.45) is 0.549. The number of hydrogen-bond acceptors (Lipinski definition) is 3. The van der Waals surface area contributed by atoms with Crippen LogP contribution in [0.3, 0.4) is 0 Å². The van der Waals surface area contributed by atoms with Crippen LogP contribution in [0.25, 0.3) is 0 Å². The normalized spacial score (nSPS) is 18.9. The first kappa shape index (κ1) is 14.9. The van der Waals surface area contributed by atoms with Crippen molar-refractivity contribution >= 4 is 5.91 Å². The van der Waals surface area contributed by atoms with Crippen molar-refractivity contribution in [2.24, 2.45) is 0 Å². The van der Waals surface area contributed by atoms with Gasteiger partial charge in [0.2, 0.25) is 5.91 Å². The highest BCUT2D eigenvalue weighted by Gasteiger charge is 2.20. The molecule has 0 saturated carbocycles. The molecule has 0 bridgehead atoms. The van der Waals surface area contributed by atoms with Crippen LogP contribution in [0.15, 0.2) is 18.2 Å². The highest BCUT2D eigenvalue weighted by Crippen LogP contribution is 2.19. The summed E-state index contributed by atoms with van der Waals surface area (Å²) >= 11 is 0. The van der Waals surface area contributed by atoms with Gasteiger partial charge in [0.15, 0.2) is 0 Å². The first-order chi connectivity index (χ1) is 9.56. The Bertz CT molecular complexity index is 473. The second-order valence-electron chi connectivity index (χ2n) is 5.39. The summed E-state index contributed by atoms with van der Waals surface area (Å²) < 4.78 is 11.2. The monoisotopic (exact) mass is 277 g/mol. The number of ether oxygens (including phenoxy) is 2. The fourth-order valence-corrected chi connectivity index (χ4v) is 2.31. The van der Waals surface area contributed by atoms with E-state index in [1.807, 2.05) is 37.8 Å². The van der Waals surface area contributed by atoms with E-state index in [1.54, 1.807) is 0 Å². The molecule has 1 aliphatic rings. The zero-order valence-electron chi connectivity index (χ0n) is 12.5. The van der Waals surface area contributed by atoms with Crippen molar-refractivity contribution in [3.8, 4) is 5.75 Å². The van der Waals surface area contributed by atoms with Crippen LogP contribution in [0.4, 0.5) is 0 Å². The Morgan fingerprint density at radius 3 is 3.00 bits per heavy atom. The molecule has 0 aromatic heterocycles. The topological polar surface area (TPSA) is 38.8 Å². The van der Waals surface area contributed by atoms with E-state index in [4.69, 9.17) is 9.47 Å². The third-order valence-electron chi connectivity index (χ3n) is 3.51. The van der Waals surface area contributed by atoms with E-state index in [-0.39, 0.29) is 12.0 Å². The second-order valence-corrected chi connectivity index (χ2v) is 5.39. The Hall–Kier alpha value is -1.55. The molecule has 0 N–H and O–H groups in total. The van der Waals surface area contributed by atoms with Crippen LogP contribution in [0.1, 0.15) is 24.5 Å². The van der Waals surface area contributed by atoms with Crippen LogP contribution in [0.2, 0.25) is 0 Å². The van der Waals surface area contributed by atoms with Crippen molar-refractivity contribution in [1.82, 2.24) is 4.90 Å². The Morgan fingerprint density at radius 1 is 1.45 bits per heavy atom. The predicted molar refractivity (Wildman–Crippen MR) is 78.0 cm³/mol. The van der Waals surface area contributed by atoms with E-state index in [2.05, 4.69) is 6.07 Å². The van der Waals surface area contributed by atoms with Gasteiger partial charge in [-0.3, -0.25) is 4.79 Å². The molecule has 1 aromatic carbocycles. The lowest BCUT2D eigenvalue weighted by atomic mass is 10.1. The maximum Gasteiger partial charge on any atom is 0.226 e. The van der Waals surface area contributed by atoms with Crippen molar-refractivity contribution in [2.45, 2.75) is 33.3 Å². The Balaban J connectivity index is 1.80. The molecule has 1 atom stereocenters. The zero-order chi connectivity index (χ0) is 14.5. The number of morpholine rings is 1. The minimum absolute atomic E-state index is 0.132. The first-order valence-corrected chi connectivity index (χ1v) is 7.15. The number of hydrogen-bond donors (Lipinski definition) is 0. The molecule has 0 spiro atoms. The van der Waals surface area contributed by atoms with E-state index in [0.717, 1.165) is 11.3 Å². The highest BCUT2D eigenvalue weighted by molar-refractivity contribution is 5.76. The molecule has 20 heavy (non-hydrogen) atoms. The van der Waals surface area contributed by atoms with E-state index in [1.165, 1.54) is 5.56 Å². The number of nitrogens with zero attached hydrogens (tertiary/aromatic N) is 1. The van der Waals surface area contributed by atoms with Crippen molar-refractivity contribution in [1.29, 1.82) is 0 Å². The summed E-state index contributed by atoms with van der Waals surface area (Å²) in [6.45, 7) is 8.47. The summed E-state index contributed by atoms with van der Waals surface area (Å²) in [6, 6.07) is 6.11. The maximum absolute atomic E-state index is 12.1. The van der Waals surface area contributed by atoms with Crippen molar-refractivity contribution in [3.05, 3.63) is 29.3 Å². The molecule has 0 radical (unpaired) electrons. The van der Waals surface area contributed by atoms with Gasteiger partial charge in [-0.05, 0) is 38.0 Å². The quantitative estimate of drug-likeness (QED) is 0.848. The van der Waals surface area contributed by atoms with Gasteiger partial charge in [0.05, 0.1) is 25.7 Å². The van der Waals surface area contributed by atoms with E-state index in [9.17, 15) is 4.79 Å². The van der Waals surface area contributed by atoms with Gasteiger partial charge >= 0.3 is 0 Å². The number of amides is 1. The van der Waals surface area contributed by atoms with Crippen LogP contribution in [0, 0.1) is 13.8 Å².